The van der Waals surface area contributed by atoms with Gasteiger partial charge in [0, 0.05) is 16.7 Å². The average molecular weight is 345 g/mol. The van der Waals surface area contributed by atoms with E-state index < -0.39 is 0 Å². The molecule has 124 valence electrons. The quantitative estimate of drug-likeness (QED) is 0.770. The van der Waals surface area contributed by atoms with Gasteiger partial charge in [0.25, 0.3) is 0 Å². The molecule has 3 rings (SSSR count). The van der Waals surface area contributed by atoms with Crippen LogP contribution in [0.4, 0.5) is 5.82 Å². The van der Waals surface area contributed by atoms with Crippen LogP contribution in [0.2, 0.25) is 5.02 Å². The van der Waals surface area contributed by atoms with Crippen LogP contribution in [0, 0.1) is 13.8 Å². The summed E-state index contributed by atoms with van der Waals surface area (Å²) in [5.74, 6) is 1.17. The second-order valence-electron chi connectivity index (χ2n) is 5.53. The minimum atomic E-state index is -0.137. The van der Waals surface area contributed by atoms with Crippen LogP contribution in [0.25, 0.3) is 0 Å². The first kappa shape index (κ1) is 16.3. The summed E-state index contributed by atoms with van der Waals surface area (Å²) in [6.45, 7) is 4.17. The van der Waals surface area contributed by atoms with Crippen molar-refractivity contribution in [2.45, 2.75) is 26.8 Å². The zero-order valence-electron chi connectivity index (χ0n) is 13.4. The van der Waals surface area contributed by atoms with Crippen LogP contribution in [0.5, 0.6) is 0 Å². The molecule has 0 saturated heterocycles. The number of rotatable bonds is 5. The maximum Gasteiger partial charge on any atom is 0.230 e. The SMILES string of the molecule is Cc1noc(C)c1CC(=O)Nc1ccnn1Cc1ccc(Cl)cc1. The summed E-state index contributed by atoms with van der Waals surface area (Å²) in [7, 11) is 0. The first-order valence-electron chi connectivity index (χ1n) is 7.51. The number of anilines is 1. The molecule has 2 aromatic heterocycles. The van der Waals surface area contributed by atoms with Crippen molar-refractivity contribution in [3.8, 4) is 0 Å². The lowest BCUT2D eigenvalue weighted by Crippen LogP contribution is -2.18. The molecule has 0 bridgehead atoms. The number of carbonyl (C=O) groups excluding carboxylic acids is 1. The first-order chi connectivity index (χ1) is 11.5. The standard InChI is InChI=1S/C17H17ClN4O2/c1-11-15(12(2)24-21-11)9-17(23)20-16-7-8-19-22(16)10-13-3-5-14(18)6-4-13/h3-8H,9-10H2,1-2H3,(H,20,23). The Labute approximate surface area is 144 Å². The van der Waals surface area contributed by atoms with Crippen LogP contribution >= 0.6 is 11.6 Å². The summed E-state index contributed by atoms with van der Waals surface area (Å²) in [4.78, 5) is 12.3. The van der Waals surface area contributed by atoms with Gasteiger partial charge < -0.3 is 9.84 Å². The summed E-state index contributed by atoms with van der Waals surface area (Å²) in [5.41, 5.74) is 2.60. The van der Waals surface area contributed by atoms with E-state index in [1.807, 2.05) is 31.2 Å². The van der Waals surface area contributed by atoms with Crippen molar-refractivity contribution in [3.63, 3.8) is 0 Å². The van der Waals surface area contributed by atoms with Crippen molar-refractivity contribution in [2.75, 3.05) is 5.32 Å². The highest BCUT2D eigenvalue weighted by molar-refractivity contribution is 6.30. The Morgan fingerprint density at radius 1 is 1.25 bits per heavy atom. The number of nitrogens with one attached hydrogen (secondary N) is 1. The molecular formula is C17H17ClN4O2. The molecule has 0 atom stereocenters. The van der Waals surface area contributed by atoms with E-state index in [9.17, 15) is 4.79 Å². The summed E-state index contributed by atoms with van der Waals surface area (Å²) in [6.07, 6.45) is 1.87. The lowest BCUT2D eigenvalue weighted by Gasteiger charge is -2.09. The molecule has 7 heteroatoms. The van der Waals surface area contributed by atoms with E-state index in [2.05, 4.69) is 15.6 Å². The number of benzene rings is 1. The summed E-state index contributed by atoms with van der Waals surface area (Å²) < 4.78 is 6.82. The topological polar surface area (TPSA) is 73.0 Å². The molecule has 0 fully saturated rings. The summed E-state index contributed by atoms with van der Waals surface area (Å²) in [5, 5.41) is 11.7. The Bertz CT molecular complexity index is 832. The number of amides is 1. The van der Waals surface area contributed by atoms with E-state index in [-0.39, 0.29) is 12.3 Å². The van der Waals surface area contributed by atoms with E-state index in [0.29, 0.717) is 23.1 Å². The third kappa shape index (κ3) is 3.65. The lowest BCUT2D eigenvalue weighted by atomic mass is 10.1. The number of hydrogen-bond donors (Lipinski definition) is 1. The first-order valence-corrected chi connectivity index (χ1v) is 7.88. The fourth-order valence-electron chi connectivity index (χ4n) is 2.43. The van der Waals surface area contributed by atoms with Crippen LogP contribution < -0.4 is 5.32 Å². The number of hydrogen-bond acceptors (Lipinski definition) is 4. The van der Waals surface area contributed by atoms with Crippen molar-refractivity contribution >= 4 is 23.3 Å². The molecule has 0 unspecified atom stereocenters. The maximum atomic E-state index is 12.3. The molecule has 0 aliphatic heterocycles. The van der Waals surface area contributed by atoms with E-state index in [4.69, 9.17) is 16.1 Å². The zero-order chi connectivity index (χ0) is 17.1. The molecule has 0 aliphatic rings. The van der Waals surface area contributed by atoms with Gasteiger partial charge >= 0.3 is 0 Å². The largest absolute Gasteiger partial charge is 0.361 e. The number of aryl methyl sites for hydroxylation is 2. The van der Waals surface area contributed by atoms with Crippen molar-refractivity contribution in [3.05, 3.63) is 64.1 Å². The van der Waals surface area contributed by atoms with Gasteiger partial charge in [-0.1, -0.05) is 28.9 Å². The molecule has 24 heavy (non-hydrogen) atoms. The molecule has 1 amide bonds. The second-order valence-corrected chi connectivity index (χ2v) is 5.96. The van der Waals surface area contributed by atoms with Crippen molar-refractivity contribution < 1.29 is 9.32 Å². The van der Waals surface area contributed by atoms with Crippen LogP contribution in [0.15, 0.2) is 41.1 Å². The third-order valence-electron chi connectivity index (χ3n) is 3.75. The maximum absolute atomic E-state index is 12.3. The number of aromatic nitrogens is 3. The van der Waals surface area contributed by atoms with E-state index >= 15 is 0 Å². The smallest absolute Gasteiger partial charge is 0.230 e. The predicted octanol–water partition coefficient (Wildman–Crippen LogP) is 3.37. The highest BCUT2D eigenvalue weighted by atomic mass is 35.5. The van der Waals surface area contributed by atoms with Crippen LogP contribution in [0.1, 0.15) is 22.6 Å². The molecule has 1 aromatic carbocycles. The fourth-order valence-corrected chi connectivity index (χ4v) is 2.56. The highest BCUT2D eigenvalue weighted by Gasteiger charge is 2.15. The average Bonchev–Trinajstić information content (AvgIpc) is 3.11. The number of nitrogens with zero attached hydrogens (tertiary/aromatic N) is 3. The Hall–Kier alpha value is -2.60. The van der Waals surface area contributed by atoms with E-state index in [0.717, 1.165) is 16.8 Å². The molecule has 0 spiro atoms. The van der Waals surface area contributed by atoms with Crippen molar-refractivity contribution in [2.24, 2.45) is 0 Å². The number of halogens is 1. The van der Waals surface area contributed by atoms with Gasteiger partial charge in [-0.3, -0.25) is 4.79 Å². The van der Waals surface area contributed by atoms with Gasteiger partial charge in [-0.25, -0.2) is 4.68 Å². The van der Waals surface area contributed by atoms with E-state index in [1.165, 1.54) is 0 Å². The fraction of sp³-hybridized carbons (Fsp3) is 0.235. The summed E-state index contributed by atoms with van der Waals surface area (Å²) >= 11 is 5.89. The molecule has 0 saturated carbocycles. The zero-order valence-corrected chi connectivity index (χ0v) is 14.2. The predicted molar refractivity (Wildman–Crippen MR) is 91.1 cm³/mol. The van der Waals surface area contributed by atoms with Crippen LogP contribution in [-0.4, -0.2) is 20.8 Å². The Kier molecular flexibility index (Phi) is 4.66. The summed E-state index contributed by atoms with van der Waals surface area (Å²) in [6, 6.07) is 9.28. The molecule has 3 aromatic rings. The molecule has 2 heterocycles. The Morgan fingerprint density at radius 2 is 2.00 bits per heavy atom. The molecular weight excluding hydrogens is 328 g/mol. The lowest BCUT2D eigenvalue weighted by molar-refractivity contribution is -0.115. The Balaban J connectivity index is 1.69. The van der Waals surface area contributed by atoms with Gasteiger partial charge in [-0.15, -0.1) is 0 Å². The second kappa shape index (κ2) is 6.88. The van der Waals surface area contributed by atoms with Gasteiger partial charge in [0.1, 0.15) is 11.6 Å². The minimum absolute atomic E-state index is 0.137. The monoisotopic (exact) mass is 344 g/mol. The molecule has 0 radical (unpaired) electrons. The normalized spacial score (nSPS) is 10.8. The number of carbonyl (C=O) groups is 1. The van der Waals surface area contributed by atoms with E-state index in [1.54, 1.807) is 23.9 Å². The van der Waals surface area contributed by atoms with Crippen LogP contribution in [0.3, 0.4) is 0 Å². The van der Waals surface area contributed by atoms with Crippen molar-refractivity contribution in [1.82, 2.24) is 14.9 Å². The van der Waals surface area contributed by atoms with Gasteiger partial charge in [-0.05, 0) is 31.5 Å². The third-order valence-corrected chi connectivity index (χ3v) is 4.00. The molecule has 6 nitrogen and oxygen atoms in total. The van der Waals surface area contributed by atoms with Gasteiger partial charge in [0.2, 0.25) is 5.91 Å². The van der Waals surface area contributed by atoms with Gasteiger partial charge in [-0.2, -0.15) is 5.10 Å². The van der Waals surface area contributed by atoms with Gasteiger partial charge in [0.15, 0.2) is 0 Å². The Morgan fingerprint density at radius 3 is 2.67 bits per heavy atom. The van der Waals surface area contributed by atoms with Gasteiger partial charge in [0.05, 0.1) is 24.9 Å². The molecule has 1 N–H and O–H groups in total. The molecule has 0 aliphatic carbocycles. The highest BCUT2D eigenvalue weighted by Crippen LogP contribution is 2.16. The van der Waals surface area contributed by atoms with Crippen LogP contribution in [-0.2, 0) is 17.8 Å². The minimum Gasteiger partial charge on any atom is -0.361 e. The van der Waals surface area contributed by atoms with Crippen molar-refractivity contribution in [1.29, 1.82) is 0 Å².